The maximum absolute atomic E-state index is 12.6. The zero-order valence-corrected chi connectivity index (χ0v) is 10.5. The molecule has 0 aromatic heterocycles. The fourth-order valence-electron chi connectivity index (χ4n) is 2.61. The standard InChI is InChI=1S/C12H22N2O3/c1-10-8-14(4-7-17-10)11(15)12(9-13)2-5-16-6-3-12/h10H,2-9,13H2,1H3. The first kappa shape index (κ1) is 12.8. The van der Waals surface area contributed by atoms with Gasteiger partial charge in [-0.3, -0.25) is 4.79 Å². The van der Waals surface area contributed by atoms with Crippen molar-refractivity contribution in [3.63, 3.8) is 0 Å². The molecule has 1 atom stereocenters. The van der Waals surface area contributed by atoms with Crippen molar-refractivity contribution in [1.29, 1.82) is 0 Å². The van der Waals surface area contributed by atoms with Crippen LogP contribution < -0.4 is 5.73 Å². The fraction of sp³-hybridized carbons (Fsp3) is 0.917. The van der Waals surface area contributed by atoms with Crippen LogP contribution in [0, 0.1) is 5.41 Å². The van der Waals surface area contributed by atoms with Crippen molar-refractivity contribution in [3.05, 3.63) is 0 Å². The first-order chi connectivity index (χ1) is 8.18. The largest absolute Gasteiger partial charge is 0.381 e. The molecule has 5 nitrogen and oxygen atoms in total. The molecule has 0 radical (unpaired) electrons. The molecule has 2 aliphatic heterocycles. The van der Waals surface area contributed by atoms with Gasteiger partial charge in [0.2, 0.25) is 5.91 Å². The van der Waals surface area contributed by atoms with Gasteiger partial charge < -0.3 is 20.1 Å². The van der Waals surface area contributed by atoms with Gasteiger partial charge in [0.1, 0.15) is 0 Å². The molecule has 2 saturated heterocycles. The van der Waals surface area contributed by atoms with Crippen LogP contribution in [0.3, 0.4) is 0 Å². The summed E-state index contributed by atoms with van der Waals surface area (Å²) in [5, 5.41) is 0. The first-order valence-electron chi connectivity index (χ1n) is 6.37. The number of nitrogens with zero attached hydrogens (tertiary/aromatic N) is 1. The molecule has 2 heterocycles. The SMILES string of the molecule is CC1CN(C(=O)C2(CN)CCOCC2)CCO1. The quantitative estimate of drug-likeness (QED) is 0.739. The molecule has 1 unspecified atom stereocenters. The van der Waals surface area contributed by atoms with Crippen molar-refractivity contribution in [3.8, 4) is 0 Å². The molecular formula is C12H22N2O3. The first-order valence-corrected chi connectivity index (χ1v) is 6.37. The molecule has 17 heavy (non-hydrogen) atoms. The Morgan fingerprint density at radius 2 is 2.12 bits per heavy atom. The van der Waals surface area contributed by atoms with Crippen molar-refractivity contribution in [2.45, 2.75) is 25.9 Å². The van der Waals surface area contributed by atoms with Gasteiger partial charge in [0.25, 0.3) is 0 Å². The predicted molar refractivity (Wildman–Crippen MR) is 63.5 cm³/mol. The smallest absolute Gasteiger partial charge is 0.230 e. The topological polar surface area (TPSA) is 64.8 Å². The minimum atomic E-state index is -0.394. The summed E-state index contributed by atoms with van der Waals surface area (Å²) in [6.45, 7) is 5.70. The summed E-state index contributed by atoms with van der Waals surface area (Å²) in [5.41, 5.74) is 5.45. The molecule has 0 bridgehead atoms. The molecule has 0 aromatic rings. The molecule has 98 valence electrons. The number of rotatable bonds is 2. The number of carbonyl (C=O) groups is 1. The maximum atomic E-state index is 12.6. The van der Waals surface area contributed by atoms with Crippen LogP contribution in [0.1, 0.15) is 19.8 Å². The Morgan fingerprint density at radius 1 is 1.41 bits per heavy atom. The molecule has 2 fully saturated rings. The monoisotopic (exact) mass is 242 g/mol. The highest BCUT2D eigenvalue weighted by atomic mass is 16.5. The molecule has 2 aliphatic rings. The molecule has 2 N–H and O–H groups in total. The van der Waals surface area contributed by atoms with E-state index < -0.39 is 5.41 Å². The number of hydrogen-bond donors (Lipinski definition) is 1. The molecule has 1 amide bonds. The second-order valence-electron chi connectivity index (χ2n) is 5.03. The van der Waals surface area contributed by atoms with Gasteiger partial charge in [0, 0.05) is 32.8 Å². The highest BCUT2D eigenvalue weighted by Crippen LogP contribution is 2.32. The van der Waals surface area contributed by atoms with Gasteiger partial charge in [-0.05, 0) is 19.8 Å². The van der Waals surface area contributed by atoms with E-state index in [9.17, 15) is 4.79 Å². The van der Waals surface area contributed by atoms with Crippen LogP contribution >= 0.6 is 0 Å². The summed E-state index contributed by atoms with van der Waals surface area (Å²) >= 11 is 0. The molecular weight excluding hydrogens is 220 g/mol. The van der Waals surface area contributed by atoms with Crippen LogP contribution in [0.15, 0.2) is 0 Å². The van der Waals surface area contributed by atoms with Crippen LogP contribution in [-0.4, -0.2) is 56.4 Å². The van der Waals surface area contributed by atoms with Crippen LogP contribution in [-0.2, 0) is 14.3 Å². The summed E-state index contributed by atoms with van der Waals surface area (Å²) in [4.78, 5) is 14.5. The Labute approximate surface area is 102 Å². The van der Waals surface area contributed by atoms with Gasteiger partial charge in [-0.1, -0.05) is 0 Å². The van der Waals surface area contributed by atoms with Crippen LogP contribution in [0.5, 0.6) is 0 Å². The van der Waals surface area contributed by atoms with Crippen molar-refractivity contribution < 1.29 is 14.3 Å². The number of amides is 1. The van der Waals surface area contributed by atoms with E-state index in [4.69, 9.17) is 15.2 Å². The van der Waals surface area contributed by atoms with Gasteiger partial charge >= 0.3 is 0 Å². The highest BCUT2D eigenvalue weighted by Gasteiger charge is 2.42. The van der Waals surface area contributed by atoms with Crippen LogP contribution in [0.2, 0.25) is 0 Å². The number of ether oxygens (including phenoxy) is 2. The second kappa shape index (κ2) is 5.33. The van der Waals surface area contributed by atoms with E-state index >= 15 is 0 Å². The predicted octanol–water partition coefficient (Wildman–Crippen LogP) is -0.0108. The maximum Gasteiger partial charge on any atom is 0.230 e. The Hall–Kier alpha value is -0.650. The summed E-state index contributed by atoms with van der Waals surface area (Å²) in [5.74, 6) is 0.193. The Morgan fingerprint density at radius 3 is 2.71 bits per heavy atom. The normalized spacial score (nSPS) is 29.1. The van der Waals surface area contributed by atoms with Crippen LogP contribution in [0.25, 0.3) is 0 Å². The molecule has 0 spiro atoms. The summed E-state index contributed by atoms with van der Waals surface area (Å²) in [7, 11) is 0. The zero-order valence-electron chi connectivity index (χ0n) is 10.5. The van der Waals surface area contributed by atoms with Crippen molar-refractivity contribution in [1.82, 2.24) is 4.90 Å². The summed E-state index contributed by atoms with van der Waals surface area (Å²) in [6, 6.07) is 0. The van der Waals surface area contributed by atoms with Gasteiger partial charge in [0.15, 0.2) is 0 Å². The van der Waals surface area contributed by atoms with E-state index in [0.29, 0.717) is 39.5 Å². The Bertz CT molecular complexity index is 277. The van der Waals surface area contributed by atoms with Crippen molar-refractivity contribution in [2.24, 2.45) is 11.1 Å². The average Bonchev–Trinajstić information content (AvgIpc) is 2.38. The number of carbonyl (C=O) groups excluding carboxylic acids is 1. The fourth-order valence-corrected chi connectivity index (χ4v) is 2.61. The number of nitrogens with two attached hydrogens (primary N) is 1. The second-order valence-corrected chi connectivity index (χ2v) is 5.03. The van der Waals surface area contributed by atoms with E-state index in [0.717, 1.165) is 12.8 Å². The third-order valence-corrected chi connectivity index (χ3v) is 3.82. The number of hydrogen-bond acceptors (Lipinski definition) is 4. The highest BCUT2D eigenvalue weighted by molar-refractivity contribution is 5.83. The van der Waals surface area contributed by atoms with Gasteiger partial charge in [0.05, 0.1) is 18.1 Å². The molecule has 0 aromatic carbocycles. The van der Waals surface area contributed by atoms with E-state index in [1.807, 2.05) is 11.8 Å². The lowest BCUT2D eigenvalue weighted by Crippen LogP contribution is -2.54. The summed E-state index contributed by atoms with van der Waals surface area (Å²) < 4.78 is 10.8. The third kappa shape index (κ3) is 2.61. The molecule has 0 saturated carbocycles. The van der Waals surface area contributed by atoms with E-state index in [2.05, 4.69) is 0 Å². The minimum absolute atomic E-state index is 0.127. The van der Waals surface area contributed by atoms with Gasteiger partial charge in [-0.15, -0.1) is 0 Å². The van der Waals surface area contributed by atoms with Crippen molar-refractivity contribution >= 4 is 5.91 Å². The van der Waals surface area contributed by atoms with E-state index in [-0.39, 0.29) is 12.0 Å². The zero-order chi connectivity index (χ0) is 12.3. The number of morpholine rings is 1. The minimum Gasteiger partial charge on any atom is -0.381 e. The lowest BCUT2D eigenvalue weighted by atomic mass is 9.78. The third-order valence-electron chi connectivity index (χ3n) is 3.82. The van der Waals surface area contributed by atoms with E-state index in [1.54, 1.807) is 0 Å². The Kier molecular flexibility index (Phi) is 4.01. The Balaban J connectivity index is 2.05. The van der Waals surface area contributed by atoms with Gasteiger partial charge in [-0.25, -0.2) is 0 Å². The lowest BCUT2D eigenvalue weighted by Gasteiger charge is -2.41. The van der Waals surface area contributed by atoms with E-state index in [1.165, 1.54) is 0 Å². The molecule has 2 rings (SSSR count). The average molecular weight is 242 g/mol. The van der Waals surface area contributed by atoms with Gasteiger partial charge in [-0.2, -0.15) is 0 Å². The lowest BCUT2D eigenvalue weighted by molar-refractivity contribution is -0.154. The van der Waals surface area contributed by atoms with Crippen LogP contribution in [0.4, 0.5) is 0 Å². The summed E-state index contributed by atoms with van der Waals surface area (Å²) in [6.07, 6.45) is 1.62. The molecule has 5 heteroatoms. The van der Waals surface area contributed by atoms with Crippen molar-refractivity contribution in [2.75, 3.05) is 39.5 Å². The molecule has 0 aliphatic carbocycles.